The van der Waals surface area contributed by atoms with Crippen molar-refractivity contribution >= 4 is 17.9 Å². The van der Waals surface area contributed by atoms with Crippen molar-refractivity contribution in [3.63, 3.8) is 0 Å². The van der Waals surface area contributed by atoms with Gasteiger partial charge in [0, 0.05) is 58.2 Å². The van der Waals surface area contributed by atoms with Gasteiger partial charge < -0.3 is 9.80 Å². The standard InChI is InChI=1S/C24H35N3O2/c1-2-3-11-23(28)26-15-12-22(13-16-26)24(29)27-19-17-25(18-20-27)14-7-10-21-8-5-4-6-9-21/h4-10,22H,2-3,11-20H2,1H3/b10-7+. The van der Waals surface area contributed by atoms with Gasteiger partial charge in [-0.3, -0.25) is 14.5 Å². The van der Waals surface area contributed by atoms with E-state index in [0.717, 1.165) is 71.5 Å². The average Bonchev–Trinajstić information content (AvgIpc) is 2.78. The van der Waals surface area contributed by atoms with Crippen molar-refractivity contribution in [1.29, 1.82) is 0 Å². The van der Waals surface area contributed by atoms with Crippen LogP contribution in [-0.4, -0.2) is 72.3 Å². The molecule has 0 radical (unpaired) electrons. The number of rotatable bonds is 7. The molecule has 0 unspecified atom stereocenters. The van der Waals surface area contributed by atoms with E-state index >= 15 is 0 Å². The summed E-state index contributed by atoms with van der Waals surface area (Å²) in [6.45, 7) is 8.00. The summed E-state index contributed by atoms with van der Waals surface area (Å²) >= 11 is 0. The van der Waals surface area contributed by atoms with Crippen LogP contribution in [0.5, 0.6) is 0 Å². The number of piperidine rings is 1. The van der Waals surface area contributed by atoms with Crippen molar-refractivity contribution in [2.45, 2.75) is 39.0 Å². The maximum Gasteiger partial charge on any atom is 0.225 e. The molecule has 3 rings (SSSR count). The molecule has 0 N–H and O–H groups in total. The third kappa shape index (κ3) is 6.43. The Morgan fingerprint density at radius 1 is 0.966 bits per heavy atom. The van der Waals surface area contributed by atoms with E-state index in [4.69, 9.17) is 0 Å². The monoisotopic (exact) mass is 397 g/mol. The van der Waals surface area contributed by atoms with Gasteiger partial charge in [0.05, 0.1) is 0 Å². The second-order valence-electron chi connectivity index (χ2n) is 8.20. The van der Waals surface area contributed by atoms with Gasteiger partial charge in [-0.1, -0.05) is 55.8 Å². The Hall–Kier alpha value is -2.14. The van der Waals surface area contributed by atoms with Crippen LogP contribution in [0.1, 0.15) is 44.6 Å². The van der Waals surface area contributed by atoms with E-state index in [1.165, 1.54) is 5.56 Å². The topological polar surface area (TPSA) is 43.9 Å². The molecule has 5 nitrogen and oxygen atoms in total. The number of hydrogen-bond acceptors (Lipinski definition) is 3. The Morgan fingerprint density at radius 3 is 2.31 bits per heavy atom. The largest absolute Gasteiger partial charge is 0.343 e. The van der Waals surface area contributed by atoms with Gasteiger partial charge in [0.2, 0.25) is 11.8 Å². The summed E-state index contributed by atoms with van der Waals surface area (Å²) in [7, 11) is 0. The smallest absolute Gasteiger partial charge is 0.225 e. The van der Waals surface area contributed by atoms with Crippen LogP contribution < -0.4 is 0 Å². The highest BCUT2D eigenvalue weighted by Crippen LogP contribution is 2.21. The maximum atomic E-state index is 12.9. The summed E-state index contributed by atoms with van der Waals surface area (Å²) in [5.74, 6) is 0.648. The molecular weight excluding hydrogens is 362 g/mol. The number of piperazine rings is 1. The van der Waals surface area contributed by atoms with Crippen LogP contribution in [0.3, 0.4) is 0 Å². The molecule has 0 spiro atoms. The van der Waals surface area contributed by atoms with Crippen LogP contribution in [-0.2, 0) is 9.59 Å². The molecule has 0 bridgehead atoms. The van der Waals surface area contributed by atoms with Crippen LogP contribution in [0.25, 0.3) is 6.08 Å². The number of likely N-dealkylation sites (tertiary alicyclic amines) is 1. The summed E-state index contributed by atoms with van der Waals surface area (Å²) in [5, 5.41) is 0. The highest BCUT2D eigenvalue weighted by molar-refractivity contribution is 5.80. The lowest BCUT2D eigenvalue weighted by Gasteiger charge is -2.38. The fraction of sp³-hybridized carbons (Fsp3) is 0.583. The molecule has 2 heterocycles. The molecule has 158 valence electrons. The number of carbonyl (C=O) groups is 2. The minimum atomic E-state index is 0.0924. The van der Waals surface area contributed by atoms with E-state index in [1.54, 1.807) is 0 Å². The Kier molecular flexibility index (Phi) is 8.29. The first-order valence-electron chi connectivity index (χ1n) is 11.2. The number of amides is 2. The molecule has 0 aromatic heterocycles. The highest BCUT2D eigenvalue weighted by Gasteiger charge is 2.31. The van der Waals surface area contributed by atoms with Gasteiger partial charge in [0.1, 0.15) is 0 Å². The lowest BCUT2D eigenvalue weighted by molar-refractivity contribution is -0.142. The molecule has 2 saturated heterocycles. The van der Waals surface area contributed by atoms with Gasteiger partial charge in [-0.15, -0.1) is 0 Å². The molecule has 0 atom stereocenters. The summed E-state index contributed by atoms with van der Waals surface area (Å²) in [5.41, 5.74) is 1.22. The maximum absolute atomic E-state index is 12.9. The average molecular weight is 398 g/mol. The van der Waals surface area contributed by atoms with Gasteiger partial charge in [-0.2, -0.15) is 0 Å². The lowest BCUT2D eigenvalue weighted by Crippen LogP contribution is -2.51. The van der Waals surface area contributed by atoms with Gasteiger partial charge in [0.25, 0.3) is 0 Å². The SMILES string of the molecule is CCCCC(=O)N1CCC(C(=O)N2CCN(C/C=C/c3ccccc3)CC2)CC1. The summed E-state index contributed by atoms with van der Waals surface area (Å²) < 4.78 is 0. The Balaban J connectivity index is 1.37. The minimum Gasteiger partial charge on any atom is -0.343 e. The number of carbonyl (C=O) groups excluding carboxylic acids is 2. The molecule has 5 heteroatoms. The van der Waals surface area contributed by atoms with Gasteiger partial charge in [-0.05, 0) is 24.8 Å². The molecule has 0 saturated carbocycles. The minimum absolute atomic E-state index is 0.0924. The second-order valence-corrected chi connectivity index (χ2v) is 8.20. The Morgan fingerprint density at radius 2 is 1.66 bits per heavy atom. The number of benzene rings is 1. The molecule has 2 aliphatic heterocycles. The second kappa shape index (κ2) is 11.1. The van der Waals surface area contributed by atoms with Crippen molar-refractivity contribution in [3.05, 3.63) is 42.0 Å². The Bertz CT molecular complexity index is 673. The van der Waals surface area contributed by atoms with Crippen LogP contribution in [0.2, 0.25) is 0 Å². The summed E-state index contributed by atoms with van der Waals surface area (Å²) in [6.07, 6.45) is 8.66. The van der Waals surface area contributed by atoms with E-state index in [9.17, 15) is 9.59 Å². The van der Waals surface area contributed by atoms with Crippen molar-refractivity contribution < 1.29 is 9.59 Å². The lowest BCUT2D eigenvalue weighted by atomic mass is 9.94. The predicted molar refractivity (Wildman–Crippen MR) is 117 cm³/mol. The fourth-order valence-electron chi connectivity index (χ4n) is 4.17. The molecule has 2 aliphatic rings. The first-order valence-corrected chi connectivity index (χ1v) is 11.2. The van der Waals surface area contributed by atoms with E-state index in [-0.39, 0.29) is 11.8 Å². The number of hydrogen-bond donors (Lipinski definition) is 0. The molecule has 29 heavy (non-hydrogen) atoms. The van der Waals surface area contributed by atoms with E-state index in [2.05, 4.69) is 48.2 Å². The van der Waals surface area contributed by atoms with Gasteiger partial charge in [-0.25, -0.2) is 0 Å². The molecule has 2 fully saturated rings. The van der Waals surface area contributed by atoms with E-state index in [0.29, 0.717) is 12.3 Å². The number of unbranched alkanes of at least 4 members (excludes halogenated alkanes) is 1. The van der Waals surface area contributed by atoms with Gasteiger partial charge >= 0.3 is 0 Å². The summed E-state index contributed by atoms with van der Waals surface area (Å²) in [6, 6.07) is 10.3. The van der Waals surface area contributed by atoms with E-state index < -0.39 is 0 Å². The van der Waals surface area contributed by atoms with Crippen molar-refractivity contribution in [2.75, 3.05) is 45.8 Å². The van der Waals surface area contributed by atoms with Crippen molar-refractivity contribution in [2.24, 2.45) is 5.92 Å². The van der Waals surface area contributed by atoms with Crippen LogP contribution in [0.4, 0.5) is 0 Å². The van der Waals surface area contributed by atoms with Crippen LogP contribution >= 0.6 is 0 Å². The molecule has 2 amide bonds. The normalized spacial score (nSPS) is 19.1. The zero-order valence-electron chi connectivity index (χ0n) is 17.8. The highest BCUT2D eigenvalue weighted by atomic mass is 16.2. The molecule has 0 aliphatic carbocycles. The Labute approximate surface area is 175 Å². The zero-order chi connectivity index (χ0) is 20.5. The van der Waals surface area contributed by atoms with E-state index in [1.807, 2.05) is 15.9 Å². The predicted octanol–water partition coefficient (Wildman–Crippen LogP) is 3.27. The van der Waals surface area contributed by atoms with Gasteiger partial charge in [0.15, 0.2) is 0 Å². The fourth-order valence-corrected chi connectivity index (χ4v) is 4.17. The first kappa shape index (κ1) is 21.6. The third-order valence-corrected chi connectivity index (χ3v) is 6.10. The third-order valence-electron chi connectivity index (χ3n) is 6.10. The molecule has 1 aromatic carbocycles. The number of nitrogens with zero attached hydrogens (tertiary/aromatic N) is 3. The zero-order valence-corrected chi connectivity index (χ0v) is 17.8. The summed E-state index contributed by atoms with van der Waals surface area (Å²) in [4.78, 5) is 31.5. The van der Waals surface area contributed by atoms with Crippen molar-refractivity contribution in [3.8, 4) is 0 Å². The van der Waals surface area contributed by atoms with Crippen molar-refractivity contribution in [1.82, 2.24) is 14.7 Å². The van der Waals surface area contributed by atoms with Crippen LogP contribution in [0, 0.1) is 5.92 Å². The quantitative estimate of drug-likeness (QED) is 0.709. The van der Waals surface area contributed by atoms with Crippen LogP contribution in [0.15, 0.2) is 36.4 Å². The first-order chi connectivity index (χ1) is 14.2. The molecule has 1 aromatic rings. The molecular formula is C24H35N3O2.